The van der Waals surface area contributed by atoms with E-state index in [1.165, 1.54) is 19.2 Å². The normalized spacial score (nSPS) is 12.3. The number of benzene rings is 1. The zero-order valence-electron chi connectivity index (χ0n) is 11.4. The summed E-state index contributed by atoms with van der Waals surface area (Å²) in [6, 6.07) is 4.52. The predicted octanol–water partition coefficient (Wildman–Crippen LogP) is 2.78. The molecule has 106 valence electrons. The summed E-state index contributed by atoms with van der Waals surface area (Å²) in [4.78, 5) is 11.9. The standard InChI is InChI=1S/C14H20ClNO3/c1-9(2)6-10(15)8-16-14(18)12-7-11(19-3)4-5-13(12)17/h4-5,7,9-10,17H,6,8H2,1-3H3,(H,16,18). The largest absolute Gasteiger partial charge is 0.507 e. The van der Waals surface area contributed by atoms with Gasteiger partial charge in [0.25, 0.3) is 5.91 Å². The molecule has 2 N–H and O–H groups in total. The lowest BCUT2D eigenvalue weighted by atomic mass is 10.1. The Hall–Kier alpha value is -1.42. The molecule has 0 aliphatic rings. The predicted molar refractivity (Wildman–Crippen MR) is 76.1 cm³/mol. The van der Waals surface area contributed by atoms with Gasteiger partial charge in [-0.25, -0.2) is 0 Å². The van der Waals surface area contributed by atoms with Crippen LogP contribution in [-0.4, -0.2) is 30.0 Å². The van der Waals surface area contributed by atoms with Crippen LogP contribution in [-0.2, 0) is 0 Å². The number of phenols is 1. The number of nitrogens with one attached hydrogen (secondary N) is 1. The van der Waals surface area contributed by atoms with Gasteiger partial charge in [-0.2, -0.15) is 0 Å². The van der Waals surface area contributed by atoms with Gasteiger partial charge in [0.2, 0.25) is 0 Å². The van der Waals surface area contributed by atoms with Crippen molar-refractivity contribution in [3.05, 3.63) is 23.8 Å². The summed E-state index contributed by atoms with van der Waals surface area (Å²) in [6.45, 7) is 4.52. The lowest BCUT2D eigenvalue weighted by molar-refractivity contribution is 0.0950. The molecule has 0 heterocycles. The third-order valence-electron chi connectivity index (χ3n) is 2.66. The molecule has 1 amide bonds. The minimum absolute atomic E-state index is 0.0757. The van der Waals surface area contributed by atoms with Crippen molar-refractivity contribution in [3.8, 4) is 11.5 Å². The number of ether oxygens (including phenoxy) is 1. The molecule has 4 nitrogen and oxygen atoms in total. The van der Waals surface area contributed by atoms with Gasteiger partial charge in [0.1, 0.15) is 11.5 Å². The van der Waals surface area contributed by atoms with Gasteiger partial charge in [0.05, 0.1) is 18.1 Å². The summed E-state index contributed by atoms with van der Waals surface area (Å²) in [5.41, 5.74) is 0.188. The molecule has 1 atom stereocenters. The molecule has 0 fully saturated rings. The van der Waals surface area contributed by atoms with E-state index in [-0.39, 0.29) is 22.6 Å². The van der Waals surface area contributed by atoms with Gasteiger partial charge < -0.3 is 15.2 Å². The van der Waals surface area contributed by atoms with Crippen LogP contribution in [0.4, 0.5) is 0 Å². The molecule has 0 spiro atoms. The summed E-state index contributed by atoms with van der Waals surface area (Å²) in [5, 5.41) is 12.3. The summed E-state index contributed by atoms with van der Waals surface area (Å²) < 4.78 is 5.02. The molecule has 0 radical (unpaired) electrons. The van der Waals surface area contributed by atoms with Gasteiger partial charge in [0, 0.05) is 6.54 Å². The van der Waals surface area contributed by atoms with Gasteiger partial charge in [-0.05, 0) is 30.5 Å². The number of amides is 1. The van der Waals surface area contributed by atoms with E-state index in [1.54, 1.807) is 6.07 Å². The first-order valence-electron chi connectivity index (χ1n) is 6.23. The molecule has 0 saturated carbocycles. The van der Waals surface area contributed by atoms with Crippen molar-refractivity contribution in [2.75, 3.05) is 13.7 Å². The summed E-state index contributed by atoms with van der Waals surface area (Å²) in [5.74, 6) is 0.566. The highest BCUT2D eigenvalue weighted by molar-refractivity contribution is 6.21. The van der Waals surface area contributed by atoms with E-state index >= 15 is 0 Å². The van der Waals surface area contributed by atoms with Crippen LogP contribution in [0, 0.1) is 5.92 Å². The number of rotatable bonds is 6. The Labute approximate surface area is 118 Å². The van der Waals surface area contributed by atoms with Crippen LogP contribution in [0.3, 0.4) is 0 Å². The lowest BCUT2D eigenvalue weighted by Crippen LogP contribution is -2.30. The Morgan fingerprint density at radius 1 is 1.47 bits per heavy atom. The zero-order valence-corrected chi connectivity index (χ0v) is 12.2. The number of hydrogen-bond donors (Lipinski definition) is 2. The average Bonchev–Trinajstić information content (AvgIpc) is 2.35. The van der Waals surface area contributed by atoms with Crippen molar-refractivity contribution in [3.63, 3.8) is 0 Å². The maximum atomic E-state index is 11.9. The highest BCUT2D eigenvalue weighted by atomic mass is 35.5. The minimum Gasteiger partial charge on any atom is -0.507 e. The van der Waals surface area contributed by atoms with E-state index in [1.807, 2.05) is 0 Å². The Bertz CT molecular complexity index is 435. The zero-order chi connectivity index (χ0) is 14.4. The Balaban J connectivity index is 2.63. The molecule has 1 aromatic carbocycles. The second-order valence-electron chi connectivity index (χ2n) is 4.82. The quantitative estimate of drug-likeness (QED) is 0.790. The molecule has 1 rings (SSSR count). The topological polar surface area (TPSA) is 58.6 Å². The van der Waals surface area contributed by atoms with Crippen molar-refractivity contribution < 1.29 is 14.6 Å². The first-order valence-corrected chi connectivity index (χ1v) is 6.67. The molecule has 1 unspecified atom stereocenters. The third kappa shape index (κ3) is 4.99. The fourth-order valence-electron chi connectivity index (χ4n) is 1.72. The number of phenolic OH excluding ortho intramolecular Hbond substituents is 1. The first kappa shape index (κ1) is 15.6. The van der Waals surface area contributed by atoms with Gasteiger partial charge in [0.15, 0.2) is 0 Å². The number of methoxy groups -OCH3 is 1. The van der Waals surface area contributed by atoms with Crippen LogP contribution in [0.2, 0.25) is 0 Å². The maximum Gasteiger partial charge on any atom is 0.255 e. The second kappa shape index (κ2) is 7.24. The van der Waals surface area contributed by atoms with Crippen molar-refractivity contribution in [2.45, 2.75) is 25.6 Å². The lowest BCUT2D eigenvalue weighted by Gasteiger charge is -2.13. The van der Waals surface area contributed by atoms with E-state index in [0.717, 1.165) is 6.42 Å². The van der Waals surface area contributed by atoms with E-state index in [9.17, 15) is 9.90 Å². The van der Waals surface area contributed by atoms with Crippen LogP contribution in [0.5, 0.6) is 11.5 Å². The molecule has 1 aromatic rings. The second-order valence-corrected chi connectivity index (χ2v) is 5.44. The summed E-state index contributed by atoms with van der Waals surface area (Å²) in [6.07, 6.45) is 0.825. The Kier molecular flexibility index (Phi) is 5.96. The van der Waals surface area contributed by atoms with Crippen molar-refractivity contribution in [1.82, 2.24) is 5.32 Å². The molecule has 0 aliphatic heterocycles. The van der Waals surface area contributed by atoms with E-state index in [0.29, 0.717) is 18.2 Å². The Morgan fingerprint density at radius 2 is 2.16 bits per heavy atom. The monoisotopic (exact) mass is 285 g/mol. The maximum absolute atomic E-state index is 11.9. The highest BCUT2D eigenvalue weighted by Crippen LogP contribution is 2.22. The molecular formula is C14H20ClNO3. The highest BCUT2D eigenvalue weighted by Gasteiger charge is 2.14. The van der Waals surface area contributed by atoms with Crippen LogP contribution in [0.25, 0.3) is 0 Å². The number of carbonyl (C=O) groups excluding carboxylic acids is 1. The van der Waals surface area contributed by atoms with Crippen LogP contribution in [0.1, 0.15) is 30.6 Å². The number of hydrogen-bond acceptors (Lipinski definition) is 3. The molecule has 0 bridgehead atoms. The SMILES string of the molecule is COc1ccc(O)c(C(=O)NCC(Cl)CC(C)C)c1. The average molecular weight is 286 g/mol. The fraction of sp³-hybridized carbons (Fsp3) is 0.500. The molecule has 0 saturated heterocycles. The molecule has 0 aliphatic carbocycles. The van der Waals surface area contributed by atoms with E-state index in [4.69, 9.17) is 16.3 Å². The first-order chi connectivity index (χ1) is 8.93. The van der Waals surface area contributed by atoms with Crippen molar-refractivity contribution in [2.24, 2.45) is 5.92 Å². The molecular weight excluding hydrogens is 266 g/mol. The van der Waals surface area contributed by atoms with Crippen LogP contribution >= 0.6 is 11.6 Å². The van der Waals surface area contributed by atoms with Crippen molar-refractivity contribution in [1.29, 1.82) is 0 Å². The Morgan fingerprint density at radius 3 is 2.74 bits per heavy atom. The number of carbonyl (C=O) groups is 1. The summed E-state index contributed by atoms with van der Waals surface area (Å²) in [7, 11) is 1.51. The number of halogens is 1. The van der Waals surface area contributed by atoms with Crippen LogP contribution in [0.15, 0.2) is 18.2 Å². The van der Waals surface area contributed by atoms with Gasteiger partial charge in [-0.3, -0.25) is 4.79 Å². The van der Waals surface area contributed by atoms with Crippen molar-refractivity contribution >= 4 is 17.5 Å². The number of aromatic hydroxyl groups is 1. The molecule has 19 heavy (non-hydrogen) atoms. The number of alkyl halides is 1. The smallest absolute Gasteiger partial charge is 0.255 e. The molecule has 5 heteroatoms. The van der Waals surface area contributed by atoms with Gasteiger partial charge >= 0.3 is 0 Å². The molecule has 0 aromatic heterocycles. The van der Waals surface area contributed by atoms with Gasteiger partial charge in [-0.15, -0.1) is 11.6 Å². The minimum atomic E-state index is -0.356. The van der Waals surface area contributed by atoms with E-state index < -0.39 is 0 Å². The fourth-order valence-corrected chi connectivity index (χ4v) is 2.15. The van der Waals surface area contributed by atoms with Crippen LogP contribution < -0.4 is 10.1 Å². The summed E-state index contributed by atoms with van der Waals surface area (Å²) >= 11 is 6.10. The third-order valence-corrected chi connectivity index (χ3v) is 2.99. The van der Waals surface area contributed by atoms with E-state index in [2.05, 4.69) is 19.2 Å². The van der Waals surface area contributed by atoms with Gasteiger partial charge in [-0.1, -0.05) is 13.8 Å².